The smallest absolute Gasteiger partial charge is 0.218 e. The summed E-state index contributed by atoms with van der Waals surface area (Å²) in [5.74, 6) is 0.214. The Bertz CT molecular complexity index is 605. The van der Waals surface area contributed by atoms with Gasteiger partial charge in [-0.25, -0.2) is 9.37 Å². The lowest BCUT2D eigenvalue weighted by Gasteiger charge is -2.13. The Kier molecular flexibility index (Phi) is 5.53. The summed E-state index contributed by atoms with van der Waals surface area (Å²) < 4.78 is 19.0. The van der Waals surface area contributed by atoms with Crippen LogP contribution in [0.25, 0.3) is 0 Å². The first kappa shape index (κ1) is 15.7. The normalized spacial score (nSPS) is 10.9. The number of benzene rings is 1. The molecule has 3 nitrogen and oxygen atoms in total. The number of nitrogens with one attached hydrogen (secondary N) is 1. The molecular weight excluding hydrogens is 291 g/mol. The fraction of sp³-hybridized carbons (Fsp3) is 0.312. The third-order valence-electron chi connectivity index (χ3n) is 2.86. The predicted octanol–water partition coefficient (Wildman–Crippen LogP) is 3.95. The van der Waals surface area contributed by atoms with Crippen LogP contribution in [0.15, 0.2) is 36.5 Å². The van der Waals surface area contributed by atoms with Crippen molar-refractivity contribution in [3.63, 3.8) is 0 Å². The van der Waals surface area contributed by atoms with Crippen molar-refractivity contribution < 1.29 is 9.13 Å². The van der Waals surface area contributed by atoms with E-state index in [4.69, 9.17) is 16.3 Å². The lowest BCUT2D eigenvalue weighted by Crippen LogP contribution is -2.16. The van der Waals surface area contributed by atoms with Gasteiger partial charge in [0, 0.05) is 24.8 Å². The SMILES string of the molecule is CC(C)Oc1ncccc1CNCc1cccc(F)c1Cl. The van der Waals surface area contributed by atoms with Crippen LogP contribution in [0.3, 0.4) is 0 Å². The molecule has 0 atom stereocenters. The van der Waals surface area contributed by atoms with Crippen molar-refractivity contribution in [3.05, 3.63) is 58.5 Å². The van der Waals surface area contributed by atoms with Crippen molar-refractivity contribution >= 4 is 11.6 Å². The Labute approximate surface area is 129 Å². The van der Waals surface area contributed by atoms with E-state index in [0.717, 1.165) is 11.1 Å². The van der Waals surface area contributed by atoms with Gasteiger partial charge >= 0.3 is 0 Å². The van der Waals surface area contributed by atoms with E-state index < -0.39 is 5.82 Å². The van der Waals surface area contributed by atoms with E-state index in [1.165, 1.54) is 6.07 Å². The second-order valence-electron chi connectivity index (χ2n) is 4.95. The molecule has 0 saturated heterocycles. The van der Waals surface area contributed by atoms with Crippen LogP contribution in [0.5, 0.6) is 5.88 Å². The summed E-state index contributed by atoms with van der Waals surface area (Å²) in [5, 5.41) is 3.39. The van der Waals surface area contributed by atoms with Crippen molar-refractivity contribution in [1.29, 1.82) is 0 Å². The fourth-order valence-electron chi connectivity index (χ4n) is 1.90. The minimum Gasteiger partial charge on any atom is -0.475 e. The molecule has 112 valence electrons. The van der Waals surface area contributed by atoms with E-state index in [9.17, 15) is 4.39 Å². The molecule has 0 bridgehead atoms. The Morgan fingerprint density at radius 2 is 1.90 bits per heavy atom. The van der Waals surface area contributed by atoms with E-state index in [1.807, 2.05) is 26.0 Å². The lowest BCUT2D eigenvalue weighted by molar-refractivity contribution is 0.229. The second-order valence-corrected chi connectivity index (χ2v) is 5.33. The first-order chi connectivity index (χ1) is 10.1. The van der Waals surface area contributed by atoms with Gasteiger partial charge in [0.1, 0.15) is 5.82 Å². The third kappa shape index (κ3) is 4.41. The summed E-state index contributed by atoms with van der Waals surface area (Å²) in [6.07, 6.45) is 1.77. The van der Waals surface area contributed by atoms with Crippen LogP contribution >= 0.6 is 11.6 Å². The van der Waals surface area contributed by atoms with Gasteiger partial charge < -0.3 is 10.1 Å². The van der Waals surface area contributed by atoms with Crippen LogP contribution in [-0.2, 0) is 13.1 Å². The maximum atomic E-state index is 13.3. The maximum Gasteiger partial charge on any atom is 0.218 e. The number of halogens is 2. The highest BCUT2D eigenvalue weighted by molar-refractivity contribution is 6.31. The van der Waals surface area contributed by atoms with Crippen LogP contribution in [-0.4, -0.2) is 11.1 Å². The summed E-state index contributed by atoms with van der Waals surface area (Å²) in [6.45, 7) is 4.96. The monoisotopic (exact) mass is 308 g/mol. The maximum absolute atomic E-state index is 13.3. The lowest BCUT2D eigenvalue weighted by atomic mass is 10.2. The van der Waals surface area contributed by atoms with Crippen LogP contribution < -0.4 is 10.1 Å². The molecule has 0 saturated carbocycles. The molecule has 5 heteroatoms. The van der Waals surface area contributed by atoms with E-state index in [1.54, 1.807) is 18.3 Å². The van der Waals surface area contributed by atoms with Gasteiger partial charge in [0.05, 0.1) is 11.1 Å². The molecule has 0 radical (unpaired) electrons. The van der Waals surface area contributed by atoms with Gasteiger partial charge in [-0.05, 0) is 31.5 Å². The van der Waals surface area contributed by atoms with E-state index >= 15 is 0 Å². The summed E-state index contributed by atoms with van der Waals surface area (Å²) in [4.78, 5) is 4.23. The summed E-state index contributed by atoms with van der Waals surface area (Å²) in [6, 6.07) is 8.61. The molecule has 0 spiro atoms. The first-order valence-electron chi connectivity index (χ1n) is 6.82. The molecule has 0 unspecified atom stereocenters. The second kappa shape index (κ2) is 7.38. The zero-order valence-corrected chi connectivity index (χ0v) is 12.8. The number of hydrogen-bond acceptors (Lipinski definition) is 3. The number of rotatable bonds is 6. The van der Waals surface area contributed by atoms with Gasteiger partial charge in [0.25, 0.3) is 0 Å². The first-order valence-corrected chi connectivity index (χ1v) is 7.20. The van der Waals surface area contributed by atoms with Crippen LogP contribution in [0, 0.1) is 5.82 Å². The molecule has 1 aromatic carbocycles. The Balaban J connectivity index is 1.99. The molecule has 21 heavy (non-hydrogen) atoms. The number of pyridine rings is 1. The third-order valence-corrected chi connectivity index (χ3v) is 3.28. The standard InChI is InChI=1S/C16H18ClFN2O/c1-11(2)21-16-13(6-4-8-20-16)10-19-9-12-5-3-7-14(18)15(12)17/h3-8,11,19H,9-10H2,1-2H3. The minimum atomic E-state index is -0.402. The highest BCUT2D eigenvalue weighted by atomic mass is 35.5. The molecule has 0 aliphatic carbocycles. The van der Waals surface area contributed by atoms with Crippen LogP contribution in [0.1, 0.15) is 25.0 Å². The van der Waals surface area contributed by atoms with Gasteiger partial charge in [-0.3, -0.25) is 0 Å². The molecule has 0 aliphatic heterocycles. The minimum absolute atomic E-state index is 0.0660. The Hall–Kier alpha value is -1.65. The molecule has 1 heterocycles. The highest BCUT2D eigenvalue weighted by Crippen LogP contribution is 2.20. The van der Waals surface area contributed by atoms with E-state index in [0.29, 0.717) is 19.0 Å². The average Bonchev–Trinajstić information content (AvgIpc) is 2.45. The predicted molar refractivity (Wildman–Crippen MR) is 82.0 cm³/mol. The summed E-state index contributed by atoms with van der Waals surface area (Å²) in [5.41, 5.74) is 1.69. The van der Waals surface area contributed by atoms with Gasteiger partial charge in [0.15, 0.2) is 0 Å². The molecule has 1 N–H and O–H groups in total. The molecular formula is C16H18ClFN2O. The molecule has 2 aromatic rings. The number of aromatic nitrogens is 1. The fourth-order valence-corrected chi connectivity index (χ4v) is 2.10. The quantitative estimate of drug-likeness (QED) is 0.877. The topological polar surface area (TPSA) is 34.1 Å². The summed E-state index contributed by atoms with van der Waals surface area (Å²) >= 11 is 5.92. The Morgan fingerprint density at radius 3 is 2.67 bits per heavy atom. The van der Waals surface area contributed by atoms with Crippen molar-refractivity contribution in [3.8, 4) is 5.88 Å². The van der Waals surface area contributed by atoms with E-state index in [2.05, 4.69) is 10.3 Å². The van der Waals surface area contributed by atoms with Crippen molar-refractivity contribution in [1.82, 2.24) is 10.3 Å². The van der Waals surface area contributed by atoms with Crippen LogP contribution in [0.4, 0.5) is 4.39 Å². The van der Waals surface area contributed by atoms with Gasteiger partial charge in [-0.15, -0.1) is 0 Å². The number of ether oxygens (including phenoxy) is 1. The van der Waals surface area contributed by atoms with Gasteiger partial charge in [-0.1, -0.05) is 29.8 Å². The van der Waals surface area contributed by atoms with Crippen molar-refractivity contribution in [2.45, 2.75) is 33.0 Å². The van der Waals surface area contributed by atoms with Gasteiger partial charge in [-0.2, -0.15) is 0 Å². The zero-order chi connectivity index (χ0) is 15.2. The van der Waals surface area contributed by atoms with Crippen molar-refractivity contribution in [2.75, 3.05) is 0 Å². The van der Waals surface area contributed by atoms with Crippen molar-refractivity contribution in [2.24, 2.45) is 0 Å². The Morgan fingerprint density at radius 1 is 1.19 bits per heavy atom. The van der Waals surface area contributed by atoms with Gasteiger partial charge in [0.2, 0.25) is 5.88 Å². The molecule has 0 amide bonds. The highest BCUT2D eigenvalue weighted by Gasteiger charge is 2.08. The number of nitrogens with zero attached hydrogens (tertiary/aromatic N) is 1. The van der Waals surface area contributed by atoms with E-state index in [-0.39, 0.29) is 11.1 Å². The van der Waals surface area contributed by atoms with Crippen LogP contribution in [0.2, 0.25) is 5.02 Å². The molecule has 0 aliphatic rings. The number of hydrogen-bond donors (Lipinski definition) is 1. The largest absolute Gasteiger partial charge is 0.475 e. The summed E-state index contributed by atoms with van der Waals surface area (Å²) in [7, 11) is 0. The molecule has 2 rings (SSSR count). The zero-order valence-electron chi connectivity index (χ0n) is 12.1. The molecule has 1 aromatic heterocycles. The molecule has 0 fully saturated rings. The average molecular weight is 309 g/mol.